The topological polar surface area (TPSA) is 101 Å². The van der Waals surface area contributed by atoms with Gasteiger partial charge in [0.15, 0.2) is 11.6 Å². The third kappa shape index (κ3) is 5.30. The third-order valence-electron chi connectivity index (χ3n) is 4.79. The molecule has 168 valence electrons. The van der Waals surface area contributed by atoms with E-state index in [2.05, 4.69) is 16.8 Å². The van der Waals surface area contributed by atoms with Gasteiger partial charge in [-0.15, -0.1) is 0 Å². The van der Waals surface area contributed by atoms with E-state index < -0.39 is 34.1 Å². The highest BCUT2D eigenvalue weighted by Gasteiger charge is 2.18. The zero-order chi connectivity index (χ0) is 23.3. The van der Waals surface area contributed by atoms with Crippen molar-refractivity contribution in [1.82, 2.24) is 9.71 Å². The van der Waals surface area contributed by atoms with Crippen molar-refractivity contribution in [3.63, 3.8) is 0 Å². The van der Waals surface area contributed by atoms with Gasteiger partial charge in [0.2, 0.25) is 0 Å². The van der Waals surface area contributed by atoms with E-state index in [0.29, 0.717) is 34.9 Å². The summed E-state index contributed by atoms with van der Waals surface area (Å²) in [5.41, 5.74) is 1.28. The van der Waals surface area contributed by atoms with Gasteiger partial charge >= 0.3 is 5.63 Å². The molecule has 0 fully saturated rings. The minimum absolute atomic E-state index is 0.0823. The molecule has 0 atom stereocenters. The molecule has 1 aromatic carbocycles. The summed E-state index contributed by atoms with van der Waals surface area (Å²) >= 11 is 0. The minimum Gasteiger partial charge on any atom is -0.422 e. The Morgan fingerprint density at radius 2 is 2.03 bits per heavy atom. The van der Waals surface area contributed by atoms with E-state index in [1.165, 1.54) is 19.3 Å². The van der Waals surface area contributed by atoms with E-state index in [1.54, 1.807) is 25.1 Å². The highest BCUT2D eigenvalue weighted by atomic mass is 32.2. The molecule has 0 bridgehead atoms. The average Bonchev–Trinajstić information content (AvgIpc) is 2.76. The molecule has 10 heteroatoms. The van der Waals surface area contributed by atoms with Gasteiger partial charge in [0.25, 0.3) is 10.2 Å². The Labute approximate surface area is 184 Å². The molecule has 32 heavy (non-hydrogen) atoms. The first-order chi connectivity index (χ1) is 15.3. The van der Waals surface area contributed by atoms with Crippen molar-refractivity contribution in [3.8, 4) is 11.8 Å². The third-order valence-corrected chi connectivity index (χ3v) is 5.79. The number of hydrogen-bond donors (Lipinski definition) is 2. The first-order valence-corrected chi connectivity index (χ1v) is 11.2. The van der Waals surface area contributed by atoms with Gasteiger partial charge in [-0.2, -0.15) is 8.42 Å². The van der Waals surface area contributed by atoms with Gasteiger partial charge in [-0.1, -0.05) is 11.8 Å². The molecule has 0 aliphatic rings. The lowest BCUT2D eigenvalue weighted by Crippen LogP contribution is -2.27. The fraction of sp³-hybridized carbons (Fsp3) is 0.273. The Morgan fingerprint density at radius 1 is 1.25 bits per heavy atom. The Kier molecular flexibility index (Phi) is 7.22. The van der Waals surface area contributed by atoms with E-state index in [0.717, 1.165) is 0 Å². The number of halogens is 2. The van der Waals surface area contributed by atoms with Crippen LogP contribution in [0, 0.1) is 24.6 Å². The van der Waals surface area contributed by atoms with Crippen molar-refractivity contribution in [2.45, 2.75) is 26.2 Å². The fourth-order valence-corrected chi connectivity index (χ4v) is 3.56. The van der Waals surface area contributed by atoms with Crippen LogP contribution in [0.25, 0.3) is 11.0 Å². The van der Waals surface area contributed by atoms with E-state index >= 15 is 0 Å². The van der Waals surface area contributed by atoms with Crippen LogP contribution >= 0.6 is 0 Å². The zero-order valence-corrected chi connectivity index (χ0v) is 18.3. The second kappa shape index (κ2) is 9.89. The zero-order valence-electron chi connectivity index (χ0n) is 17.5. The van der Waals surface area contributed by atoms with Gasteiger partial charge < -0.3 is 4.42 Å². The largest absolute Gasteiger partial charge is 0.422 e. The molecule has 0 radical (unpaired) electrons. The molecule has 0 unspecified atom stereocenters. The van der Waals surface area contributed by atoms with Crippen LogP contribution in [0.5, 0.6) is 0 Å². The number of aryl methyl sites for hydroxylation is 1. The Bertz CT molecular complexity index is 1380. The number of nitrogens with one attached hydrogen (secondary N) is 2. The summed E-state index contributed by atoms with van der Waals surface area (Å²) in [4.78, 5) is 16.3. The quantitative estimate of drug-likeness (QED) is 0.320. The molecule has 0 spiro atoms. The first-order valence-electron chi connectivity index (χ1n) is 9.71. The number of hydrogen-bond acceptors (Lipinski definition) is 5. The summed E-state index contributed by atoms with van der Waals surface area (Å²) in [5.74, 6) is 4.41. The van der Waals surface area contributed by atoms with Gasteiger partial charge in [0.1, 0.15) is 5.58 Å². The lowest BCUT2D eigenvalue weighted by atomic mass is 9.99. The summed E-state index contributed by atoms with van der Waals surface area (Å²) in [6, 6.07) is 6.52. The molecule has 0 amide bonds. The van der Waals surface area contributed by atoms with Gasteiger partial charge in [-0.25, -0.2) is 18.9 Å². The molecule has 0 aliphatic carbocycles. The molecule has 2 heterocycles. The Balaban J connectivity index is 1.96. The lowest BCUT2D eigenvalue weighted by Gasteiger charge is -2.11. The summed E-state index contributed by atoms with van der Waals surface area (Å²) in [6.45, 7) is 1.30. The van der Waals surface area contributed by atoms with E-state index in [9.17, 15) is 22.0 Å². The van der Waals surface area contributed by atoms with Crippen LogP contribution in [0.1, 0.15) is 35.1 Å². The molecule has 0 saturated carbocycles. The van der Waals surface area contributed by atoms with Crippen LogP contribution in [0.3, 0.4) is 0 Å². The number of pyridine rings is 1. The number of rotatable bonds is 7. The number of fused-ring (bicyclic) bond motifs is 1. The van der Waals surface area contributed by atoms with E-state index in [1.807, 2.05) is 9.44 Å². The lowest BCUT2D eigenvalue weighted by molar-refractivity contribution is 0.477. The van der Waals surface area contributed by atoms with Crippen molar-refractivity contribution >= 4 is 27.0 Å². The van der Waals surface area contributed by atoms with Crippen LogP contribution in [-0.4, -0.2) is 27.1 Å². The molecule has 3 aromatic rings. The highest BCUT2D eigenvalue weighted by molar-refractivity contribution is 7.90. The van der Waals surface area contributed by atoms with Crippen molar-refractivity contribution in [2.75, 3.05) is 18.4 Å². The maximum Gasteiger partial charge on any atom is 0.340 e. The Hall–Kier alpha value is -3.29. The monoisotopic (exact) mass is 461 g/mol. The molecule has 0 saturated heterocycles. The van der Waals surface area contributed by atoms with E-state index in [4.69, 9.17) is 4.42 Å². The number of anilines is 1. The van der Waals surface area contributed by atoms with Crippen molar-refractivity contribution in [3.05, 3.63) is 69.0 Å². The highest BCUT2D eigenvalue weighted by Crippen LogP contribution is 2.24. The average molecular weight is 461 g/mol. The minimum atomic E-state index is -3.96. The fourth-order valence-electron chi connectivity index (χ4n) is 3.06. The van der Waals surface area contributed by atoms with Crippen LogP contribution < -0.4 is 15.1 Å². The standard InChI is InChI=1S/C22H21F2N3O4S/c1-14-17-8-7-15(6-4-3-5-10-23)12-19(17)31-22(28)18(14)13-16-9-11-26-21(20(16)24)27-32(29,30)25-2/h7-9,11-12,25H,3,5,10,13H2,1-2H3,(H,26,27). The number of alkyl halides is 1. The maximum absolute atomic E-state index is 14.8. The first kappa shape index (κ1) is 23.4. The summed E-state index contributed by atoms with van der Waals surface area (Å²) < 4.78 is 59.8. The second-order valence-electron chi connectivity index (χ2n) is 6.92. The number of nitrogens with zero attached hydrogens (tertiary/aromatic N) is 1. The predicted octanol–water partition coefficient (Wildman–Crippen LogP) is 3.20. The van der Waals surface area contributed by atoms with Gasteiger partial charge in [0.05, 0.1) is 6.67 Å². The van der Waals surface area contributed by atoms with Gasteiger partial charge in [-0.05, 0) is 48.7 Å². The molecule has 0 aliphatic heterocycles. The van der Waals surface area contributed by atoms with E-state index in [-0.39, 0.29) is 17.5 Å². The number of aromatic nitrogens is 1. The normalized spacial score (nSPS) is 11.2. The summed E-state index contributed by atoms with van der Waals surface area (Å²) in [6.07, 6.45) is 1.93. The van der Waals surface area contributed by atoms with Crippen LogP contribution in [0.2, 0.25) is 0 Å². The smallest absolute Gasteiger partial charge is 0.340 e. The molecule has 2 N–H and O–H groups in total. The number of benzene rings is 1. The van der Waals surface area contributed by atoms with Gasteiger partial charge in [0, 0.05) is 42.6 Å². The summed E-state index contributed by atoms with van der Waals surface area (Å²) in [7, 11) is -2.78. The molecular formula is C22H21F2N3O4S. The van der Waals surface area contributed by atoms with Gasteiger partial charge in [-0.3, -0.25) is 9.11 Å². The Morgan fingerprint density at radius 3 is 2.75 bits per heavy atom. The predicted molar refractivity (Wildman–Crippen MR) is 118 cm³/mol. The van der Waals surface area contributed by atoms with Crippen LogP contribution in [-0.2, 0) is 16.6 Å². The molecule has 3 rings (SSSR count). The SMILES string of the molecule is CNS(=O)(=O)Nc1nccc(Cc2c(C)c3ccc(C#CCCCF)cc3oc2=O)c1F. The second-order valence-corrected chi connectivity index (χ2v) is 8.54. The van der Waals surface area contributed by atoms with Crippen molar-refractivity contribution < 1.29 is 21.6 Å². The summed E-state index contributed by atoms with van der Waals surface area (Å²) in [5, 5.41) is 0.666. The molecule has 7 nitrogen and oxygen atoms in total. The molecule has 2 aromatic heterocycles. The van der Waals surface area contributed by atoms with Crippen LogP contribution in [0.4, 0.5) is 14.6 Å². The van der Waals surface area contributed by atoms with Crippen LogP contribution in [0.15, 0.2) is 39.7 Å². The maximum atomic E-state index is 14.8. The van der Waals surface area contributed by atoms with Crippen molar-refractivity contribution in [1.29, 1.82) is 0 Å². The number of unbranched alkanes of at least 4 members (excludes halogenated alkanes) is 1. The molecular weight excluding hydrogens is 440 g/mol. The van der Waals surface area contributed by atoms with Crippen molar-refractivity contribution in [2.24, 2.45) is 0 Å².